The standard InChI is InChI=1S/C11H13NO3/c1-8(13)9-5-7-14-15-11(9)10-4-2-3-6-12-10/h2-4,6,9,11H,5,7H2,1H3. The highest BCUT2D eigenvalue weighted by molar-refractivity contribution is 5.79. The third-order valence-electron chi connectivity index (χ3n) is 2.55. The molecule has 2 heterocycles. The summed E-state index contributed by atoms with van der Waals surface area (Å²) in [6.45, 7) is 2.04. The van der Waals surface area contributed by atoms with Crippen LogP contribution in [0.4, 0.5) is 0 Å². The minimum atomic E-state index is -0.363. The molecule has 0 bridgehead atoms. The molecule has 1 fully saturated rings. The molecule has 0 aliphatic carbocycles. The van der Waals surface area contributed by atoms with Crippen molar-refractivity contribution in [2.24, 2.45) is 5.92 Å². The highest BCUT2D eigenvalue weighted by atomic mass is 17.2. The van der Waals surface area contributed by atoms with Crippen LogP contribution in [0.3, 0.4) is 0 Å². The molecule has 1 saturated heterocycles. The first kappa shape index (κ1) is 10.3. The molecule has 15 heavy (non-hydrogen) atoms. The molecule has 0 saturated carbocycles. The van der Waals surface area contributed by atoms with Crippen LogP contribution in [0.25, 0.3) is 0 Å². The smallest absolute Gasteiger partial charge is 0.144 e. The predicted octanol–water partition coefficient (Wildman–Crippen LogP) is 1.68. The Morgan fingerprint density at radius 2 is 2.40 bits per heavy atom. The van der Waals surface area contributed by atoms with Crippen LogP contribution in [0.15, 0.2) is 24.4 Å². The second-order valence-electron chi connectivity index (χ2n) is 3.60. The Hall–Kier alpha value is -1.26. The van der Waals surface area contributed by atoms with E-state index in [4.69, 9.17) is 9.78 Å². The summed E-state index contributed by atoms with van der Waals surface area (Å²) < 4.78 is 0. The van der Waals surface area contributed by atoms with Crippen LogP contribution in [0.2, 0.25) is 0 Å². The molecule has 0 N–H and O–H groups in total. The molecule has 2 atom stereocenters. The molecule has 1 aliphatic heterocycles. The van der Waals surface area contributed by atoms with Crippen LogP contribution in [0.5, 0.6) is 0 Å². The van der Waals surface area contributed by atoms with E-state index in [1.54, 1.807) is 13.1 Å². The zero-order valence-corrected chi connectivity index (χ0v) is 8.55. The van der Waals surface area contributed by atoms with E-state index < -0.39 is 0 Å². The van der Waals surface area contributed by atoms with E-state index in [-0.39, 0.29) is 17.8 Å². The number of hydrogen-bond acceptors (Lipinski definition) is 4. The van der Waals surface area contributed by atoms with E-state index in [1.165, 1.54) is 0 Å². The molecule has 0 aromatic carbocycles. The fraction of sp³-hybridized carbons (Fsp3) is 0.455. The van der Waals surface area contributed by atoms with E-state index in [0.29, 0.717) is 13.0 Å². The normalized spacial score (nSPS) is 26.2. The number of hydrogen-bond donors (Lipinski definition) is 0. The lowest BCUT2D eigenvalue weighted by Gasteiger charge is -2.27. The topological polar surface area (TPSA) is 48.4 Å². The Bertz CT molecular complexity index is 339. The maximum atomic E-state index is 11.4. The van der Waals surface area contributed by atoms with Crippen LogP contribution in [-0.2, 0) is 14.6 Å². The maximum Gasteiger partial charge on any atom is 0.144 e. The number of ketones is 1. The van der Waals surface area contributed by atoms with E-state index >= 15 is 0 Å². The van der Waals surface area contributed by atoms with Gasteiger partial charge in [-0.15, -0.1) is 0 Å². The zero-order chi connectivity index (χ0) is 10.7. The fourth-order valence-electron chi connectivity index (χ4n) is 1.73. The SMILES string of the molecule is CC(=O)C1CCOOC1c1ccccn1. The average Bonchev–Trinajstić information content (AvgIpc) is 2.30. The van der Waals surface area contributed by atoms with Crippen molar-refractivity contribution in [2.45, 2.75) is 19.4 Å². The summed E-state index contributed by atoms with van der Waals surface area (Å²) in [4.78, 5) is 25.7. The lowest BCUT2D eigenvalue weighted by atomic mass is 9.92. The van der Waals surface area contributed by atoms with Gasteiger partial charge in [-0.1, -0.05) is 6.07 Å². The molecule has 80 valence electrons. The Morgan fingerprint density at radius 3 is 3.07 bits per heavy atom. The lowest BCUT2D eigenvalue weighted by molar-refractivity contribution is -0.358. The van der Waals surface area contributed by atoms with Gasteiger partial charge in [0, 0.05) is 6.20 Å². The Balaban J connectivity index is 2.22. The first-order chi connectivity index (χ1) is 7.29. The van der Waals surface area contributed by atoms with Gasteiger partial charge in [0.25, 0.3) is 0 Å². The third-order valence-corrected chi connectivity index (χ3v) is 2.55. The van der Waals surface area contributed by atoms with Crippen molar-refractivity contribution in [1.82, 2.24) is 4.98 Å². The predicted molar refractivity (Wildman–Crippen MR) is 52.8 cm³/mol. The zero-order valence-electron chi connectivity index (χ0n) is 8.55. The van der Waals surface area contributed by atoms with Gasteiger partial charge >= 0.3 is 0 Å². The molecule has 0 radical (unpaired) electrons. The van der Waals surface area contributed by atoms with Gasteiger partial charge in [-0.2, -0.15) is 0 Å². The summed E-state index contributed by atoms with van der Waals surface area (Å²) in [6, 6.07) is 5.54. The molecule has 0 spiro atoms. The molecule has 1 aromatic heterocycles. The van der Waals surface area contributed by atoms with Gasteiger partial charge in [0.2, 0.25) is 0 Å². The maximum absolute atomic E-state index is 11.4. The number of carbonyl (C=O) groups is 1. The summed E-state index contributed by atoms with van der Waals surface area (Å²) in [5.74, 6) is -0.0254. The molecule has 4 heteroatoms. The van der Waals surface area contributed by atoms with Gasteiger partial charge in [0.15, 0.2) is 0 Å². The van der Waals surface area contributed by atoms with Gasteiger partial charge in [-0.3, -0.25) is 9.78 Å². The number of Topliss-reactive ketones (excluding diaryl/α,β-unsaturated/α-hetero) is 1. The summed E-state index contributed by atoms with van der Waals surface area (Å²) in [5, 5.41) is 0. The summed E-state index contributed by atoms with van der Waals surface area (Å²) >= 11 is 0. The van der Waals surface area contributed by atoms with E-state index in [0.717, 1.165) is 5.69 Å². The molecule has 2 unspecified atom stereocenters. The van der Waals surface area contributed by atoms with E-state index in [9.17, 15) is 4.79 Å². The number of nitrogens with zero attached hydrogens (tertiary/aromatic N) is 1. The molecule has 4 nitrogen and oxygen atoms in total. The largest absolute Gasteiger partial charge is 0.300 e. The highest BCUT2D eigenvalue weighted by Gasteiger charge is 2.32. The molecular formula is C11H13NO3. The van der Waals surface area contributed by atoms with Gasteiger partial charge < -0.3 is 0 Å². The highest BCUT2D eigenvalue weighted by Crippen LogP contribution is 2.31. The van der Waals surface area contributed by atoms with Crippen molar-refractivity contribution < 1.29 is 14.6 Å². The number of aromatic nitrogens is 1. The quantitative estimate of drug-likeness (QED) is 0.692. The van der Waals surface area contributed by atoms with Crippen molar-refractivity contribution in [3.05, 3.63) is 30.1 Å². The van der Waals surface area contributed by atoms with Crippen molar-refractivity contribution >= 4 is 5.78 Å². The molecule has 2 rings (SSSR count). The molecule has 1 aromatic rings. The number of carbonyl (C=O) groups excluding carboxylic acids is 1. The van der Waals surface area contributed by atoms with Gasteiger partial charge in [-0.05, 0) is 25.5 Å². The van der Waals surface area contributed by atoms with Crippen molar-refractivity contribution in [1.29, 1.82) is 0 Å². The monoisotopic (exact) mass is 207 g/mol. The van der Waals surface area contributed by atoms with E-state index in [1.807, 2.05) is 18.2 Å². The first-order valence-corrected chi connectivity index (χ1v) is 4.98. The number of pyridine rings is 1. The molecule has 0 amide bonds. The van der Waals surface area contributed by atoms with Crippen LogP contribution in [-0.4, -0.2) is 17.4 Å². The lowest BCUT2D eigenvalue weighted by Crippen LogP contribution is -2.29. The minimum absolute atomic E-state index is 0.119. The van der Waals surface area contributed by atoms with Crippen LogP contribution in [0, 0.1) is 5.92 Å². The Kier molecular flexibility index (Phi) is 3.08. The fourth-order valence-corrected chi connectivity index (χ4v) is 1.73. The molecular weight excluding hydrogens is 194 g/mol. The second-order valence-corrected chi connectivity index (χ2v) is 3.60. The van der Waals surface area contributed by atoms with Gasteiger partial charge in [-0.25, -0.2) is 9.78 Å². The van der Waals surface area contributed by atoms with Crippen molar-refractivity contribution in [3.63, 3.8) is 0 Å². The Labute approximate surface area is 88.2 Å². The summed E-state index contributed by atoms with van der Waals surface area (Å²) in [5.41, 5.74) is 0.748. The van der Waals surface area contributed by atoms with E-state index in [2.05, 4.69) is 4.98 Å². The first-order valence-electron chi connectivity index (χ1n) is 4.98. The Morgan fingerprint density at radius 1 is 1.53 bits per heavy atom. The minimum Gasteiger partial charge on any atom is -0.300 e. The van der Waals surface area contributed by atoms with Crippen molar-refractivity contribution in [2.75, 3.05) is 6.61 Å². The molecule has 1 aliphatic rings. The summed E-state index contributed by atoms with van der Waals surface area (Å²) in [7, 11) is 0. The number of rotatable bonds is 2. The summed E-state index contributed by atoms with van der Waals surface area (Å²) in [6.07, 6.45) is 2.01. The van der Waals surface area contributed by atoms with Crippen LogP contribution in [0.1, 0.15) is 25.1 Å². The average molecular weight is 207 g/mol. The third kappa shape index (κ3) is 2.22. The van der Waals surface area contributed by atoms with Crippen molar-refractivity contribution in [3.8, 4) is 0 Å². The van der Waals surface area contributed by atoms with Crippen LogP contribution < -0.4 is 0 Å². The van der Waals surface area contributed by atoms with Crippen LogP contribution >= 0.6 is 0 Å². The second kappa shape index (κ2) is 4.51. The van der Waals surface area contributed by atoms with Gasteiger partial charge in [0.05, 0.1) is 18.2 Å². The van der Waals surface area contributed by atoms with Gasteiger partial charge in [0.1, 0.15) is 11.9 Å².